The maximum absolute atomic E-state index is 12.4. The number of hydrogen-bond acceptors (Lipinski definition) is 4. The molecule has 0 unspecified atom stereocenters. The van der Waals surface area contributed by atoms with Crippen molar-refractivity contribution in [1.29, 1.82) is 0 Å². The highest BCUT2D eigenvalue weighted by Crippen LogP contribution is 2.13. The molecule has 0 aromatic carbocycles. The highest BCUT2D eigenvalue weighted by molar-refractivity contribution is 5.85. The van der Waals surface area contributed by atoms with Gasteiger partial charge in [-0.25, -0.2) is 0 Å². The van der Waals surface area contributed by atoms with E-state index in [-0.39, 0.29) is 6.42 Å². The lowest BCUT2D eigenvalue weighted by Crippen LogP contribution is -2.53. The molecule has 0 aliphatic rings. The lowest BCUT2D eigenvalue weighted by atomic mass is 9.94. The van der Waals surface area contributed by atoms with E-state index in [2.05, 4.69) is 15.6 Å². The van der Waals surface area contributed by atoms with Crippen molar-refractivity contribution in [2.75, 3.05) is 0 Å². The first-order valence-electron chi connectivity index (χ1n) is 7.38. The Balaban J connectivity index is 2.72. The van der Waals surface area contributed by atoms with Crippen LogP contribution in [0.25, 0.3) is 0 Å². The predicted octanol–water partition coefficient (Wildman–Crippen LogP) is 0.744. The third-order valence-electron chi connectivity index (χ3n) is 3.43. The Morgan fingerprint density at radius 3 is 2.65 bits per heavy atom. The summed E-state index contributed by atoms with van der Waals surface area (Å²) in [6.07, 6.45) is 4.40. The van der Waals surface area contributed by atoms with Crippen LogP contribution in [0, 0.1) is 5.92 Å². The zero-order valence-corrected chi connectivity index (χ0v) is 13.6. The maximum Gasteiger partial charge on any atom is 0.306 e. The largest absolute Gasteiger partial charge is 0.481 e. The van der Waals surface area contributed by atoms with Crippen molar-refractivity contribution in [3.8, 4) is 0 Å². The van der Waals surface area contributed by atoms with E-state index >= 15 is 0 Å². The molecule has 0 bridgehead atoms. The van der Waals surface area contributed by atoms with Gasteiger partial charge in [0.1, 0.15) is 6.04 Å². The Labute approximate surface area is 135 Å². The summed E-state index contributed by atoms with van der Waals surface area (Å²) >= 11 is 0. The average molecular weight is 321 g/mol. The molecule has 0 saturated heterocycles. The molecule has 1 aromatic rings. The molecule has 0 radical (unpaired) electrons. The van der Waals surface area contributed by atoms with Gasteiger partial charge in [-0.15, -0.1) is 0 Å². The van der Waals surface area contributed by atoms with Gasteiger partial charge in [0, 0.05) is 17.9 Å². The van der Waals surface area contributed by atoms with Gasteiger partial charge in [-0.2, -0.15) is 0 Å². The lowest BCUT2D eigenvalue weighted by Gasteiger charge is -2.29. The maximum atomic E-state index is 12.4. The predicted molar refractivity (Wildman–Crippen MR) is 84.6 cm³/mol. The number of aliphatic carboxylic acids is 1. The van der Waals surface area contributed by atoms with Crippen molar-refractivity contribution >= 4 is 18.3 Å². The molecule has 2 atom stereocenters. The molecule has 0 saturated carbocycles. The van der Waals surface area contributed by atoms with Crippen molar-refractivity contribution in [1.82, 2.24) is 15.6 Å². The highest BCUT2D eigenvalue weighted by atomic mass is 16.4. The number of carbonyl (C=O) groups excluding carboxylic acids is 2. The number of carbonyl (C=O) groups is 3. The van der Waals surface area contributed by atoms with Crippen molar-refractivity contribution in [2.24, 2.45) is 5.92 Å². The second kappa shape index (κ2) is 8.26. The zero-order valence-electron chi connectivity index (χ0n) is 13.6. The smallest absolute Gasteiger partial charge is 0.306 e. The number of nitrogens with zero attached hydrogens (tertiary/aromatic N) is 1. The molecule has 3 N–H and O–H groups in total. The van der Waals surface area contributed by atoms with Gasteiger partial charge in [0.15, 0.2) is 0 Å². The molecule has 7 nitrogen and oxygen atoms in total. The standard InChI is InChI=1S/C16H23N3O4/c1-11(15(22)23)7-13(18-10-20)14(21)19-16(2,3)8-12-5-4-6-17-9-12/h4-6,9-11,13H,7-8H2,1-3H3,(H,18,20)(H,19,21)(H,22,23)/t11-,13-/m0/s1. The Kier molecular flexibility index (Phi) is 6.68. The van der Waals surface area contributed by atoms with Crippen molar-refractivity contribution in [3.63, 3.8) is 0 Å². The van der Waals surface area contributed by atoms with Crippen LogP contribution in [0.5, 0.6) is 0 Å². The van der Waals surface area contributed by atoms with E-state index in [0.717, 1.165) is 5.56 Å². The van der Waals surface area contributed by atoms with Gasteiger partial charge in [-0.1, -0.05) is 13.0 Å². The van der Waals surface area contributed by atoms with Crippen LogP contribution < -0.4 is 10.6 Å². The third kappa shape index (κ3) is 6.46. The molecule has 1 rings (SSSR count). The van der Waals surface area contributed by atoms with Gasteiger partial charge in [-0.3, -0.25) is 19.4 Å². The molecule has 0 aliphatic carbocycles. The molecule has 0 spiro atoms. The van der Waals surface area contributed by atoms with Gasteiger partial charge in [-0.05, 0) is 38.3 Å². The van der Waals surface area contributed by atoms with Crippen molar-refractivity contribution < 1.29 is 19.5 Å². The van der Waals surface area contributed by atoms with Crippen LogP contribution in [0.1, 0.15) is 32.8 Å². The summed E-state index contributed by atoms with van der Waals surface area (Å²) in [5.74, 6) is -2.15. The first-order chi connectivity index (χ1) is 10.7. The molecular formula is C16H23N3O4. The summed E-state index contributed by atoms with van der Waals surface area (Å²) in [7, 11) is 0. The Bertz CT molecular complexity index is 546. The number of hydrogen-bond donors (Lipinski definition) is 3. The van der Waals surface area contributed by atoms with Gasteiger partial charge < -0.3 is 15.7 Å². The number of pyridine rings is 1. The Morgan fingerprint density at radius 1 is 1.43 bits per heavy atom. The average Bonchev–Trinajstić information content (AvgIpc) is 2.46. The minimum Gasteiger partial charge on any atom is -0.481 e. The minimum atomic E-state index is -1.01. The molecule has 126 valence electrons. The van der Waals surface area contributed by atoms with Crippen LogP contribution in [0.2, 0.25) is 0 Å². The number of nitrogens with one attached hydrogen (secondary N) is 2. The van der Waals surface area contributed by atoms with Crippen LogP contribution >= 0.6 is 0 Å². The van der Waals surface area contributed by atoms with Gasteiger partial charge >= 0.3 is 5.97 Å². The summed E-state index contributed by atoms with van der Waals surface area (Å²) in [5.41, 5.74) is 0.409. The fourth-order valence-electron chi connectivity index (χ4n) is 2.27. The fraction of sp³-hybridized carbons (Fsp3) is 0.500. The summed E-state index contributed by atoms with van der Waals surface area (Å²) in [4.78, 5) is 38.0. The highest BCUT2D eigenvalue weighted by Gasteiger charge is 2.28. The quantitative estimate of drug-likeness (QED) is 0.581. The SMILES string of the molecule is C[C@@H](C[C@H](NC=O)C(=O)NC(C)(C)Cc1cccnc1)C(=O)O. The lowest BCUT2D eigenvalue weighted by molar-refractivity contribution is -0.142. The van der Waals surface area contributed by atoms with Crippen LogP contribution in [0.3, 0.4) is 0 Å². The minimum absolute atomic E-state index is 0.0306. The molecule has 1 aromatic heterocycles. The fourth-order valence-corrected chi connectivity index (χ4v) is 2.27. The van der Waals surface area contributed by atoms with E-state index in [1.807, 2.05) is 26.0 Å². The van der Waals surface area contributed by atoms with E-state index in [9.17, 15) is 14.4 Å². The van der Waals surface area contributed by atoms with Crippen LogP contribution in [-0.2, 0) is 20.8 Å². The summed E-state index contributed by atoms with van der Waals surface area (Å²) < 4.78 is 0. The first kappa shape index (κ1) is 18.6. The Morgan fingerprint density at radius 2 is 2.13 bits per heavy atom. The van der Waals surface area contributed by atoms with E-state index < -0.39 is 29.4 Å². The first-order valence-corrected chi connectivity index (χ1v) is 7.38. The molecule has 0 fully saturated rings. The normalized spacial score (nSPS) is 13.7. The molecule has 1 heterocycles. The molecular weight excluding hydrogens is 298 g/mol. The second-order valence-electron chi connectivity index (χ2n) is 6.22. The number of carboxylic acids is 1. The van der Waals surface area contributed by atoms with Gasteiger partial charge in [0.05, 0.1) is 5.92 Å². The number of carboxylic acid groups (broad SMARTS) is 1. The van der Waals surface area contributed by atoms with E-state index in [1.165, 1.54) is 6.92 Å². The van der Waals surface area contributed by atoms with E-state index in [1.54, 1.807) is 12.4 Å². The Hall–Kier alpha value is -2.44. The zero-order chi connectivity index (χ0) is 17.5. The van der Waals surface area contributed by atoms with Gasteiger partial charge in [0.2, 0.25) is 12.3 Å². The molecule has 2 amide bonds. The van der Waals surface area contributed by atoms with Crippen molar-refractivity contribution in [3.05, 3.63) is 30.1 Å². The molecule has 7 heteroatoms. The summed E-state index contributed by atoms with van der Waals surface area (Å²) in [5, 5.41) is 14.2. The van der Waals surface area contributed by atoms with E-state index in [0.29, 0.717) is 12.8 Å². The third-order valence-corrected chi connectivity index (χ3v) is 3.43. The molecule has 23 heavy (non-hydrogen) atoms. The second-order valence-corrected chi connectivity index (χ2v) is 6.22. The van der Waals surface area contributed by atoms with Crippen molar-refractivity contribution in [2.45, 2.75) is 45.2 Å². The molecule has 0 aliphatic heterocycles. The number of amides is 2. The number of rotatable bonds is 9. The summed E-state index contributed by atoms with van der Waals surface area (Å²) in [6.45, 7) is 5.21. The monoisotopic (exact) mass is 321 g/mol. The van der Waals surface area contributed by atoms with Crippen LogP contribution in [-0.4, -0.2) is 40.0 Å². The van der Waals surface area contributed by atoms with Gasteiger partial charge in [0.25, 0.3) is 0 Å². The topological polar surface area (TPSA) is 108 Å². The number of aromatic nitrogens is 1. The van der Waals surface area contributed by atoms with Crippen LogP contribution in [0.4, 0.5) is 0 Å². The van der Waals surface area contributed by atoms with E-state index in [4.69, 9.17) is 5.11 Å². The van der Waals surface area contributed by atoms with Crippen LogP contribution in [0.15, 0.2) is 24.5 Å². The summed E-state index contributed by atoms with van der Waals surface area (Å²) in [6, 6.07) is 2.85.